The van der Waals surface area contributed by atoms with Crippen molar-refractivity contribution in [2.45, 2.75) is 89.5 Å². The monoisotopic (exact) mass is 263 g/mol. The minimum atomic E-state index is 0.871. The Hall–Kier alpha value is -0.0400. The van der Waals surface area contributed by atoms with E-state index in [-0.39, 0.29) is 0 Å². The first-order valence-electron chi connectivity index (χ1n) is 9.15. The van der Waals surface area contributed by atoms with Gasteiger partial charge in [0.25, 0.3) is 0 Å². The highest BCUT2D eigenvalue weighted by molar-refractivity contribution is 4.82. The molecule has 0 radical (unpaired) electrons. The second kappa shape index (κ2) is 7.11. The van der Waals surface area contributed by atoms with Gasteiger partial charge in [0.2, 0.25) is 0 Å². The molecule has 0 atom stereocenters. The van der Waals surface area contributed by atoms with Crippen molar-refractivity contribution in [3.63, 3.8) is 0 Å². The lowest BCUT2D eigenvalue weighted by Gasteiger charge is -2.36. The molecule has 3 aliphatic carbocycles. The fourth-order valence-electron chi connectivity index (χ4n) is 4.93. The van der Waals surface area contributed by atoms with E-state index in [4.69, 9.17) is 0 Å². The Morgan fingerprint density at radius 2 is 1.16 bits per heavy atom. The van der Waals surface area contributed by atoms with E-state index >= 15 is 0 Å². The predicted molar refractivity (Wildman–Crippen MR) is 82.3 cm³/mol. The first-order valence-corrected chi connectivity index (χ1v) is 9.15. The Kier molecular flexibility index (Phi) is 5.21. The summed E-state index contributed by atoms with van der Waals surface area (Å²) in [5.41, 5.74) is 0. The second-order valence-corrected chi connectivity index (χ2v) is 7.57. The van der Waals surface area contributed by atoms with Crippen LogP contribution in [0.2, 0.25) is 0 Å². The lowest BCUT2D eigenvalue weighted by molar-refractivity contribution is 0.164. The molecule has 0 bridgehead atoms. The molecule has 0 heterocycles. The van der Waals surface area contributed by atoms with Gasteiger partial charge < -0.3 is 5.32 Å². The van der Waals surface area contributed by atoms with E-state index in [1.54, 1.807) is 25.7 Å². The van der Waals surface area contributed by atoms with Gasteiger partial charge in [-0.15, -0.1) is 0 Å². The molecule has 1 N–H and O–H groups in total. The summed E-state index contributed by atoms with van der Waals surface area (Å²) in [6.45, 7) is 1.32. The molecular weight excluding hydrogens is 230 g/mol. The van der Waals surface area contributed by atoms with Gasteiger partial charge in [-0.25, -0.2) is 0 Å². The van der Waals surface area contributed by atoms with Crippen LogP contribution in [0.15, 0.2) is 0 Å². The van der Waals surface area contributed by atoms with Crippen LogP contribution in [0.4, 0.5) is 0 Å². The van der Waals surface area contributed by atoms with Gasteiger partial charge >= 0.3 is 0 Å². The molecule has 1 heteroatoms. The van der Waals surface area contributed by atoms with Gasteiger partial charge in [-0.2, -0.15) is 0 Å². The first-order chi connectivity index (χ1) is 9.42. The molecule has 1 nitrogen and oxygen atoms in total. The largest absolute Gasteiger partial charge is 0.314 e. The van der Waals surface area contributed by atoms with Crippen molar-refractivity contribution in [1.82, 2.24) is 5.32 Å². The van der Waals surface area contributed by atoms with Crippen molar-refractivity contribution in [2.24, 2.45) is 17.8 Å². The van der Waals surface area contributed by atoms with Crippen molar-refractivity contribution in [3.05, 3.63) is 0 Å². The summed E-state index contributed by atoms with van der Waals surface area (Å²) < 4.78 is 0. The third-order valence-corrected chi connectivity index (χ3v) is 6.26. The maximum absolute atomic E-state index is 3.85. The van der Waals surface area contributed by atoms with Crippen LogP contribution in [0.3, 0.4) is 0 Å². The minimum Gasteiger partial charge on any atom is -0.314 e. The lowest BCUT2D eigenvalue weighted by Crippen LogP contribution is -2.34. The Labute approximate surface area is 119 Å². The van der Waals surface area contributed by atoms with Crippen LogP contribution in [0.5, 0.6) is 0 Å². The third kappa shape index (κ3) is 3.97. The molecule has 3 fully saturated rings. The summed E-state index contributed by atoms with van der Waals surface area (Å²) in [6, 6.07) is 0.871. The highest BCUT2D eigenvalue weighted by Gasteiger charge is 2.28. The molecule has 0 aromatic heterocycles. The van der Waals surface area contributed by atoms with Gasteiger partial charge in [-0.1, -0.05) is 44.9 Å². The average Bonchev–Trinajstić information content (AvgIpc) is 3.00. The van der Waals surface area contributed by atoms with E-state index in [9.17, 15) is 0 Å². The molecule has 0 unspecified atom stereocenters. The van der Waals surface area contributed by atoms with Gasteiger partial charge in [0, 0.05) is 6.04 Å². The van der Waals surface area contributed by atoms with Crippen molar-refractivity contribution < 1.29 is 0 Å². The summed E-state index contributed by atoms with van der Waals surface area (Å²) in [5.74, 6) is 3.21. The first kappa shape index (κ1) is 13.9. The molecule has 0 spiro atoms. The van der Waals surface area contributed by atoms with Crippen LogP contribution in [0.25, 0.3) is 0 Å². The van der Waals surface area contributed by atoms with Crippen molar-refractivity contribution in [2.75, 3.05) is 6.54 Å². The van der Waals surface area contributed by atoms with Crippen molar-refractivity contribution in [3.8, 4) is 0 Å². The maximum atomic E-state index is 3.85. The Morgan fingerprint density at radius 3 is 1.84 bits per heavy atom. The van der Waals surface area contributed by atoms with Crippen LogP contribution < -0.4 is 5.32 Å². The highest BCUT2D eigenvalue weighted by atomic mass is 14.9. The van der Waals surface area contributed by atoms with Gasteiger partial charge in [0.05, 0.1) is 0 Å². The number of nitrogens with one attached hydrogen (secondary N) is 1. The van der Waals surface area contributed by atoms with Crippen LogP contribution >= 0.6 is 0 Å². The van der Waals surface area contributed by atoms with Gasteiger partial charge in [0.15, 0.2) is 0 Å². The SMILES string of the molecule is C1CCC(C2CCC(CNC3CCCC3)CC2)CC1. The van der Waals surface area contributed by atoms with E-state index < -0.39 is 0 Å². The van der Waals surface area contributed by atoms with E-state index in [1.165, 1.54) is 64.3 Å². The molecule has 3 rings (SSSR count). The van der Waals surface area contributed by atoms with E-state index in [0.717, 1.165) is 23.8 Å². The van der Waals surface area contributed by atoms with Crippen molar-refractivity contribution >= 4 is 0 Å². The van der Waals surface area contributed by atoms with Crippen LogP contribution in [-0.2, 0) is 0 Å². The normalized spacial score (nSPS) is 34.7. The molecule has 110 valence electrons. The molecule has 19 heavy (non-hydrogen) atoms. The van der Waals surface area contributed by atoms with Crippen molar-refractivity contribution in [1.29, 1.82) is 0 Å². The summed E-state index contributed by atoms with van der Waals surface area (Å²) >= 11 is 0. The summed E-state index contributed by atoms with van der Waals surface area (Å²) in [6.07, 6.45) is 19.6. The maximum Gasteiger partial charge on any atom is 0.00671 e. The lowest BCUT2D eigenvalue weighted by atomic mass is 9.71. The van der Waals surface area contributed by atoms with Gasteiger partial charge in [-0.05, 0) is 62.8 Å². The van der Waals surface area contributed by atoms with Crippen LogP contribution in [0.1, 0.15) is 83.5 Å². The average molecular weight is 263 g/mol. The van der Waals surface area contributed by atoms with Crippen LogP contribution in [-0.4, -0.2) is 12.6 Å². The Balaban J connectivity index is 1.34. The number of hydrogen-bond acceptors (Lipinski definition) is 1. The molecule has 3 saturated carbocycles. The molecule has 0 aromatic rings. The van der Waals surface area contributed by atoms with Gasteiger partial charge in [-0.3, -0.25) is 0 Å². The minimum absolute atomic E-state index is 0.871. The summed E-state index contributed by atoms with van der Waals surface area (Å²) in [7, 11) is 0. The zero-order valence-corrected chi connectivity index (χ0v) is 12.7. The molecule has 0 aliphatic heterocycles. The number of rotatable bonds is 4. The zero-order chi connectivity index (χ0) is 12.9. The summed E-state index contributed by atoms with van der Waals surface area (Å²) in [5, 5.41) is 3.85. The highest BCUT2D eigenvalue weighted by Crippen LogP contribution is 2.39. The van der Waals surface area contributed by atoms with E-state index in [2.05, 4.69) is 5.32 Å². The second-order valence-electron chi connectivity index (χ2n) is 7.57. The quantitative estimate of drug-likeness (QED) is 0.760. The zero-order valence-electron chi connectivity index (χ0n) is 12.7. The molecule has 0 saturated heterocycles. The Morgan fingerprint density at radius 1 is 0.579 bits per heavy atom. The fourth-order valence-corrected chi connectivity index (χ4v) is 4.93. The van der Waals surface area contributed by atoms with Crippen LogP contribution in [0, 0.1) is 17.8 Å². The molecule has 0 amide bonds. The molecule has 0 aromatic carbocycles. The van der Waals surface area contributed by atoms with E-state index in [0.29, 0.717) is 0 Å². The topological polar surface area (TPSA) is 12.0 Å². The predicted octanol–water partition coefficient (Wildman–Crippen LogP) is 4.91. The molecule has 3 aliphatic rings. The fraction of sp³-hybridized carbons (Fsp3) is 1.00. The number of hydrogen-bond donors (Lipinski definition) is 1. The molecular formula is C18H33N. The van der Waals surface area contributed by atoms with Gasteiger partial charge in [0.1, 0.15) is 0 Å². The Bertz CT molecular complexity index is 242. The third-order valence-electron chi connectivity index (χ3n) is 6.26. The van der Waals surface area contributed by atoms with E-state index in [1.807, 2.05) is 0 Å². The standard InChI is InChI=1S/C18H33N/c1-2-6-16(7-3-1)17-12-10-15(11-13-17)14-19-18-8-4-5-9-18/h15-19H,1-14H2. The summed E-state index contributed by atoms with van der Waals surface area (Å²) in [4.78, 5) is 0. The smallest absolute Gasteiger partial charge is 0.00671 e.